The van der Waals surface area contributed by atoms with Gasteiger partial charge in [-0.25, -0.2) is 0 Å². The summed E-state index contributed by atoms with van der Waals surface area (Å²) in [5, 5.41) is 0. The third kappa shape index (κ3) is 3.54. The van der Waals surface area contributed by atoms with E-state index in [0.717, 1.165) is 55.8 Å². The lowest BCUT2D eigenvalue weighted by Crippen LogP contribution is -2.52. The standard InChI is InChI=1S/C20H25N3O2S/c1-26(24,25)23-16-20(14-17-6-2-3-8-19(17)23)9-12-22(13-10-20)15-18-7-4-5-11-21-18/h2-8,11H,9-10,12-16H2,1H3. The van der Waals surface area contributed by atoms with Crippen molar-refractivity contribution in [2.24, 2.45) is 5.41 Å². The highest BCUT2D eigenvalue weighted by Gasteiger charge is 2.44. The Kier molecular flexibility index (Phi) is 4.59. The van der Waals surface area contributed by atoms with Crippen LogP contribution in [-0.2, 0) is 27.6 Å². The molecule has 1 fully saturated rings. The van der Waals surface area contributed by atoms with Crippen LogP contribution in [0.25, 0.3) is 0 Å². The van der Waals surface area contributed by atoms with E-state index in [4.69, 9.17) is 0 Å². The number of likely N-dealkylation sites (tertiary alicyclic amines) is 1. The number of anilines is 1. The molecule has 0 bridgehead atoms. The largest absolute Gasteiger partial charge is 0.593 e. The molecule has 6 heteroatoms. The number of sulfonamides is 1. The highest BCUT2D eigenvalue weighted by atomic mass is 32.3. The Morgan fingerprint density at radius 1 is 1.15 bits per heavy atom. The van der Waals surface area contributed by atoms with Crippen LogP contribution in [0.5, 0.6) is 0 Å². The summed E-state index contributed by atoms with van der Waals surface area (Å²) >= 11 is 0. The zero-order chi connectivity index (χ0) is 18.2. The van der Waals surface area contributed by atoms with Crippen molar-refractivity contribution in [2.75, 3.05) is 30.2 Å². The summed E-state index contributed by atoms with van der Waals surface area (Å²) in [7, 11) is -3.27. The Hall–Kier alpha value is -1.76. The van der Waals surface area contributed by atoms with E-state index in [1.54, 1.807) is 4.31 Å². The average Bonchev–Trinajstić information content (AvgIpc) is 2.63. The molecule has 1 aromatic heterocycles. The number of nitrogens with zero attached hydrogens (tertiary/aromatic N) is 3. The lowest BCUT2D eigenvalue weighted by molar-refractivity contribution is 0.101. The molecule has 1 spiro atoms. The molecular formula is C20H25N3O2S. The SMILES string of the molecule is C[S+](=O)([O-])N1CC2(CCN(Cc3ccccn3)CC2)Cc2ccccc21. The first-order chi connectivity index (χ1) is 12.5. The summed E-state index contributed by atoms with van der Waals surface area (Å²) in [4.78, 5) is 6.85. The van der Waals surface area contributed by atoms with Crippen LogP contribution < -0.4 is 4.31 Å². The van der Waals surface area contributed by atoms with Crippen LogP contribution in [0.3, 0.4) is 0 Å². The first kappa shape index (κ1) is 17.6. The monoisotopic (exact) mass is 371 g/mol. The zero-order valence-electron chi connectivity index (χ0n) is 15.1. The molecule has 4 rings (SSSR count). The zero-order valence-corrected chi connectivity index (χ0v) is 16.0. The Balaban J connectivity index is 1.51. The normalized spacial score (nSPS) is 22.0. The van der Waals surface area contributed by atoms with Crippen LogP contribution in [0.15, 0.2) is 48.7 Å². The quantitative estimate of drug-likeness (QED) is 0.779. The summed E-state index contributed by atoms with van der Waals surface area (Å²) in [6, 6.07) is 14.0. The molecule has 2 aliphatic heterocycles. The Bertz CT molecular complexity index is 813. The average molecular weight is 372 g/mol. The molecule has 1 unspecified atom stereocenters. The molecule has 0 aliphatic carbocycles. The smallest absolute Gasteiger partial charge is 0.145 e. The Labute approximate surface area is 156 Å². The van der Waals surface area contributed by atoms with Crippen LogP contribution in [0, 0.1) is 5.41 Å². The number of piperidine rings is 1. The number of aromatic nitrogens is 1. The molecular weight excluding hydrogens is 346 g/mol. The molecule has 2 aromatic rings. The number of rotatable bonds is 3. The van der Waals surface area contributed by atoms with Crippen molar-refractivity contribution in [1.29, 1.82) is 0 Å². The van der Waals surface area contributed by atoms with Gasteiger partial charge < -0.3 is 4.55 Å². The summed E-state index contributed by atoms with van der Waals surface area (Å²) in [5.41, 5.74) is 3.15. The van der Waals surface area contributed by atoms with Gasteiger partial charge in [-0.2, -0.15) is 4.31 Å². The number of fused-ring (bicyclic) bond motifs is 1. The first-order valence-electron chi connectivity index (χ1n) is 9.13. The second-order valence-electron chi connectivity index (χ2n) is 7.67. The minimum absolute atomic E-state index is 0.0397. The molecule has 1 atom stereocenters. The van der Waals surface area contributed by atoms with Crippen molar-refractivity contribution >= 4 is 16.1 Å². The maximum atomic E-state index is 12.4. The van der Waals surface area contributed by atoms with Gasteiger partial charge in [0.05, 0.1) is 17.9 Å². The molecule has 1 saturated heterocycles. The van der Waals surface area contributed by atoms with E-state index in [0.29, 0.717) is 6.54 Å². The molecule has 0 saturated carbocycles. The minimum atomic E-state index is -3.27. The molecule has 2 aliphatic rings. The van der Waals surface area contributed by atoms with Gasteiger partial charge in [0, 0.05) is 12.7 Å². The fourth-order valence-electron chi connectivity index (χ4n) is 4.29. The molecule has 3 heterocycles. The van der Waals surface area contributed by atoms with Gasteiger partial charge in [0.2, 0.25) is 0 Å². The second kappa shape index (κ2) is 6.76. The fourth-order valence-corrected chi connectivity index (χ4v) is 5.33. The van der Waals surface area contributed by atoms with Crippen LogP contribution in [0.4, 0.5) is 5.69 Å². The van der Waals surface area contributed by atoms with Crippen LogP contribution >= 0.6 is 0 Å². The van der Waals surface area contributed by atoms with Crippen molar-refractivity contribution in [2.45, 2.75) is 25.8 Å². The highest BCUT2D eigenvalue weighted by molar-refractivity contribution is 7.98. The highest BCUT2D eigenvalue weighted by Crippen LogP contribution is 2.44. The predicted octanol–water partition coefficient (Wildman–Crippen LogP) is 2.90. The third-order valence-corrected chi connectivity index (χ3v) is 6.86. The first-order valence-corrected chi connectivity index (χ1v) is 11.0. The van der Waals surface area contributed by atoms with E-state index in [-0.39, 0.29) is 5.41 Å². The van der Waals surface area contributed by atoms with Gasteiger partial charge in [0.1, 0.15) is 16.7 Å². The van der Waals surface area contributed by atoms with Gasteiger partial charge >= 0.3 is 0 Å². The predicted molar refractivity (Wildman–Crippen MR) is 103 cm³/mol. The van der Waals surface area contributed by atoms with E-state index in [9.17, 15) is 8.76 Å². The van der Waals surface area contributed by atoms with Crippen molar-refractivity contribution in [3.8, 4) is 0 Å². The molecule has 26 heavy (non-hydrogen) atoms. The van der Waals surface area contributed by atoms with Crippen molar-refractivity contribution in [3.05, 3.63) is 59.9 Å². The molecule has 1 aromatic carbocycles. The lowest BCUT2D eigenvalue weighted by Gasteiger charge is -2.48. The van der Waals surface area contributed by atoms with E-state index < -0.39 is 10.4 Å². The van der Waals surface area contributed by atoms with E-state index in [1.165, 1.54) is 6.26 Å². The summed E-state index contributed by atoms with van der Waals surface area (Å²) in [6.45, 7) is 3.43. The Morgan fingerprint density at radius 2 is 1.88 bits per heavy atom. The van der Waals surface area contributed by atoms with E-state index >= 15 is 0 Å². The van der Waals surface area contributed by atoms with Gasteiger partial charge in [-0.3, -0.25) is 9.88 Å². The number of benzene rings is 1. The number of pyridine rings is 1. The molecule has 5 nitrogen and oxygen atoms in total. The molecule has 138 valence electrons. The molecule has 0 amide bonds. The topological polar surface area (TPSA) is 59.5 Å². The van der Waals surface area contributed by atoms with E-state index in [1.807, 2.05) is 36.5 Å². The molecule has 0 N–H and O–H groups in total. The minimum Gasteiger partial charge on any atom is -0.593 e. The van der Waals surface area contributed by atoms with Crippen LogP contribution in [0.1, 0.15) is 24.1 Å². The summed E-state index contributed by atoms with van der Waals surface area (Å²) in [6.07, 6.45) is 6.15. The van der Waals surface area contributed by atoms with Gasteiger partial charge in [-0.05, 0) is 61.5 Å². The van der Waals surface area contributed by atoms with E-state index in [2.05, 4.69) is 22.0 Å². The fraction of sp³-hybridized carbons (Fsp3) is 0.450. The summed E-state index contributed by atoms with van der Waals surface area (Å²) in [5.74, 6) is 0. The van der Waals surface area contributed by atoms with Crippen molar-refractivity contribution in [1.82, 2.24) is 9.88 Å². The Morgan fingerprint density at radius 3 is 2.58 bits per heavy atom. The number of para-hydroxylation sites is 1. The van der Waals surface area contributed by atoms with Crippen LogP contribution in [-0.4, -0.2) is 40.3 Å². The third-order valence-electron chi connectivity index (χ3n) is 5.73. The van der Waals surface area contributed by atoms with Gasteiger partial charge in [-0.15, -0.1) is 0 Å². The van der Waals surface area contributed by atoms with Crippen molar-refractivity contribution in [3.63, 3.8) is 0 Å². The molecule has 0 radical (unpaired) electrons. The van der Waals surface area contributed by atoms with Crippen LogP contribution in [0.2, 0.25) is 0 Å². The number of hydrogen-bond acceptors (Lipinski definition) is 4. The lowest BCUT2D eigenvalue weighted by atomic mass is 9.71. The summed E-state index contributed by atoms with van der Waals surface area (Å²) < 4.78 is 26.4. The maximum Gasteiger partial charge on any atom is 0.145 e. The van der Waals surface area contributed by atoms with Gasteiger partial charge in [-0.1, -0.05) is 28.5 Å². The second-order valence-corrected chi connectivity index (χ2v) is 9.58. The van der Waals surface area contributed by atoms with Crippen molar-refractivity contribution < 1.29 is 8.76 Å². The van der Waals surface area contributed by atoms with Gasteiger partial charge in [0.15, 0.2) is 0 Å². The number of hydrogen-bond donors (Lipinski definition) is 0. The van der Waals surface area contributed by atoms with Gasteiger partial charge in [0.25, 0.3) is 0 Å². The maximum absolute atomic E-state index is 12.4.